The van der Waals surface area contributed by atoms with Gasteiger partial charge in [-0.3, -0.25) is 4.79 Å². The Morgan fingerprint density at radius 2 is 2.41 bits per heavy atom. The first kappa shape index (κ1) is 14.0. The standard InChI is InChI=1S/C10H17N3O3S/c1-13(2-4-16-5-3-14)10(15)8-7-17-9(6-11)12-8/h7,14H,2-6,11H2,1H3. The zero-order valence-corrected chi connectivity index (χ0v) is 10.6. The highest BCUT2D eigenvalue weighted by atomic mass is 32.1. The molecule has 96 valence electrons. The van der Waals surface area contributed by atoms with Crippen molar-refractivity contribution in [2.45, 2.75) is 6.54 Å². The van der Waals surface area contributed by atoms with Crippen LogP contribution >= 0.6 is 11.3 Å². The summed E-state index contributed by atoms with van der Waals surface area (Å²) in [6.45, 7) is 1.49. The first-order valence-electron chi connectivity index (χ1n) is 5.27. The van der Waals surface area contributed by atoms with Gasteiger partial charge in [-0.2, -0.15) is 0 Å². The number of likely N-dealkylation sites (N-methyl/N-ethyl adjacent to an activating group) is 1. The van der Waals surface area contributed by atoms with Gasteiger partial charge in [0.25, 0.3) is 5.91 Å². The van der Waals surface area contributed by atoms with Gasteiger partial charge < -0.3 is 20.5 Å². The molecular formula is C10H17N3O3S. The SMILES string of the molecule is CN(CCOCCO)C(=O)c1csc(CN)n1. The third-order valence-corrected chi connectivity index (χ3v) is 2.97. The summed E-state index contributed by atoms with van der Waals surface area (Å²) >= 11 is 1.38. The molecule has 1 heterocycles. The molecule has 0 bridgehead atoms. The van der Waals surface area contributed by atoms with Crippen molar-refractivity contribution < 1.29 is 14.6 Å². The molecule has 1 aromatic rings. The molecule has 0 aliphatic carbocycles. The zero-order chi connectivity index (χ0) is 12.7. The number of nitrogens with zero attached hydrogens (tertiary/aromatic N) is 2. The summed E-state index contributed by atoms with van der Waals surface area (Å²) < 4.78 is 5.08. The summed E-state index contributed by atoms with van der Waals surface area (Å²) in [4.78, 5) is 17.5. The first-order valence-corrected chi connectivity index (χ1v) is 6.15. The molecule has 0 fully saturated rings. The number of nitrogens with two attached hydrogens (primary N) is 1. The minimum atomic E-state index is -0.145. The van der Waals surface area contributed by atoms with Gasteiger partial charge in [-0.25, -0.2) is 4.98 Å². The van der Waals surface area contributed by atoms with E-state index in [2.05, 4.69) is 4.98 Å². The summed E-state index contributed by atoms with van der Waals surface area (Å²) in [5.41, 5.74) is 5.85. The van der Waals surface area contributed by atoms with Crippen molar-refractivity contribution in [3.8, 4) is 0 Å². The predicted octanol–water partition coefficient (Wildman–Crippen LogP) is -0.317. The lowest BCUT2D eigenvalue weighted by Gasteiger charge is -2.15. The second-order valence-corrected chi connectivity index (χ2v) is 4.34. The number of rotatable bonds is 7. The molecule has 0 saturated heterocycles. The van der Waals surface area contributed by atoms with Crippen molar-refractivity contribution in [2.75, 3.05) is 33.4 Å². The second kappa shape index (κ2) is 7.33. The van der Waals surface area contributed by atoms with E-state index in [-0.39, 0.29) is 19.1 Å². The molecule has 1 rings (SSSR count). The van der Waals surface area contributed by atoms with E-state index < -0.39 is 0 Å². The molecule has 0 radical (unpaired) electrons. The molecule has 0 aliphatic rings. The van der Waals surface area contributed by atoms with E-state index in [4.69, 9.17) is 15.6 Å². The third-order valence-electron chi connectivity index (χ3n) is 2.10. The monoisotopic (exact) mass is 259 g/mol. The third kappa shape index (κ3) is 4.39. The van der Waals surface area contributed by atoms with Crippen molar-refractivity contribution in [1.29, 1.82) is 0 Å². The van der Waals surface area contributed by atoms with Crippen molar-refractivity contribution in [3.63, 3.8) is 0 Å². The van der Waals surface area contributed by atoms with E-state index in [0.29, 0.717) is 25.4 Å². The van der Waals surface area contributed by atoms with E-state index in [1.807, 2.05) is 0 Å². The Morgan fingerprint density at radius 1 is 1.65 bits per heavy atom. The highest BCUT2D eigenvalue weighted by Gasteiger charge is 2.14. The molecule has 0 atom stereocenters. The largest absolute Gasteiger partial charge is 0.394 e. The van der Waals surface area contributed by atoms with Crippen molar-refractivity contribution >= 4 is 17.2 Å². The predicted molar refractivity (Wildman–Crippen MR) is 64.9 cm³/mol. The summed E-state index contributed by atoms with van der Waals surface area (Å²) in [5.74, 6) is -0.145. The van der Waals surface area contributed by atoms with Gasteiger partial charge in [0.15, 0.2) is 0 Å². The Labute approximate surface area is 104 Å². The summed E-state index contributed by atoms with van der Waals surface area (Å²) in [7, 11) is 1.69. The molecule has 0 saturated carbocycles. The van der Waals surface area contributed by atoms with Crippen LogP contribution < -0.4 is 5.73 Å². The second-order valence-electron chi connectivity index (χ2n) is 3.39. The topological polar surface area (TPSA) is 88.7 Å². The molecule has 6 nitrogen and oxygen atoms in total. The van der Waals surface area contributed by atoms with Gasteiger partial charge in [0.05, 0.1) is 19.8 Å². The van der Waals surface area contributed by atoms with Crippen LogP contribution in [-0.4, -0.2) is 54.3 Å². The van der Waals surface area contributed by atoms with Crippen LogP contribution in [0.15, 0.2) is 5.38 Å². The zero-order valence-electron chi connectivity index (χ0n) is 9.76. The van der Waals surface area contributed by atoms with Crippen LogP contribution in [0, 0.1) is 0 Å². The molecule has 0 aliphatic heterocycles. The highest BCUT2D eigenvalue weighted by molar-refractivity contribution is 7.09. The summed E-state index contributed by atoms with van der Waals surface area (Å²) in [6, 6.07) is 0. The Hall–Kier alpha value is -1.02. The number of aliphatic hydroxyl groups is 1. The number of carbonyl (C=O) groups is 1. The molecule has 1 amide bonds. The minimum Gasteiger partial charge on any atom is -0.394 e. The number of ether oxygens (including phenoxy) is 1. The Kier molecular flexibility index (Phi) is 6.06. The highest BCUT2D eigenvalue weighted by Crippen LogP contribution is 2.10. The first-order chi connectivity index (χ1) is 8.19. The van der Waals surface area contributed by atoms with Crippen molar-refractivity contribution in [1.82, 2.24) is 9.88 Å². The van der Waals surface area contributed by atoms with E-state index in [1.54, 1.807) is 12.4 Å². The van der Waals surface area contributed by atoms with Crippen LogP contribution in [0.2, 0.25) is 0 Å². The van der Waals surface area contributed by atoms with E-state index in [0.717, 1.165) is 5.01 Å². The summed E-state index contributed by atoms with van der Waals surface area (Å²) in [6.07, 6.45) is 0. The molecule has 7 heteroatoms. The maximum Gasteiger partial charge on any atom is 0.273 e. The lowest BCUT2D eigenvalue weighted by molar-refractivity contribution is 0.0615. The number of thiazole rings is 1. The fourth-order valence-electron chi connectivity index (χ4n) is 1.17. The number of carbonyl (C=O) groups excluding carboxylic acids is 1. The molecule has 1 aromatic heterocycles. The van der Waals surface area contributed by atoms with E-state index in [1.165, 1.54) is 16.2 Å². The van der Waals surface area contributed by atoms with Crippen LogP contribution in [0.1, 0.15) is 15.5 Å². The quantitative estimate of drug-likeness (QED) is 0.655. The fraction of sp³-hybridized carbons (Fsp3) is 0.600. The lowest BCUT2D eigenvalue weighted by Crippen LogP contribution is -2.30. The molecule has 0 spiro atoms. The number of amides is 1. The smallest absolute Gasteiger partial charge is 0.273 e. The Balaban J connectivity index is 2.40. The van der Waals surface area contributed by atoms with Crippen molar-refractivity contribution in [2.24, 2.45) is 5.73 Å². The molecule has 0 unspecified atom stereocenters. The van der Waals surface area contributed by atoms with Crippen molar-refractivity contribution in [3.05, 3.63) is 16.1 Å². The van der Waals surface area contributed by atoms with Gasteiger partial charge in [0.1, 0.15) is 10.7 Å². The maximum atomic E-state index is 11.9. The molecular weight excluding hydrogens is 242 g/mol. The van der Waals surface area contributed by atoms with Crippen LogP contribution in [0.4, 0.5) is 0 Å². The van der Waals surface area contributed by atoms with Crippen LogP contribution in [0.25, 0.3) is 0 Å². The maximum absolute atomic E-state index is 11.9. The molecule has 0 aromatic carbocycles. The lowest BCUT2D eigenvalue weighted by atomic mass is 10.4. The number of aliphatic hydroxyl groups excluding tert-OH is 1. The van der Waals surface area contributed by atoms with Gasteiger partial charge in [-0.15, -0.1) is 11.3 Å². The number of hydrogen-bond donors (Lipinski definition) is 2. The normalized spacial score (nSPS) is 10.5. The minimum absolute atomic E-state index is 0.0103. The summed E-state index contributed by atoms with van der Waals surface area (Å²) in [5, 5.41) is 11.0. The van der Waals surface area contributed by atoms with E-state index in [9.17, 15) is 4.79 Å². The van der Waals surface area contributed by atoms with Gasteiger partial charge in [-0.05, 0) is 0 Å². The average Bonchev–Trinajstić information content (AvgIpc) is 2.82. The van der Waals surface area contributed by atoms with Gasteiger partial charge in [0, 0.05) is 25.5 Å². The molecule has 17 heavy (non-hydrogen) atoms. The number of hydrogen-bond acceptors (Lipinski definition) is 6. The molecule has 3 N–H and O–H groups in total. The Morgan fingerprint density at radius 3 is 3.00 bits per heavy atom. The van der Waals surface area contributed by atoms with Crippen LogP contribution in [0.5, 0.6) is 0 Å². The number of aromatic nitrogens is 1. The average molecular weight is 259 g/mol. The van der Waals surface area contributed by atoms with Gasteiger partial charge >= 0.3 is 0 Å². The van der Waals surface area contributed by atoms with Gasteiger partial charge in [0.2, 0.25) is 0 Å². The van der Waals surface area contributed by atoms with E-state index >= 15 is 0 Å². The Bertz CT molecular complexity index is 356. The van der Waals surface area contributed by atoms with Gasteiger partial charge in [-0.1, -0.05) is 0 Å². The fourth-order valence-corrected chi connectivity index (χ4v) is 1.82. The van der Waals surface area contributed by atoms with Crippen LogP contribution in [-0.2, 0) is 11.3 Å². The van der Waals surface area contributed by atoms with Crippen LogP contribution in [0.3, 0.4) is 0 Å².